The molecule has 21 heavy (non-hydrogen) atoms. The molecule has 0 aliphatic heterocycles. The van der Waals surface area contributed by atoms with Crippen LogP contribution in [0.15, 0.2) is 29.3 Å². The molecule has 1 amide bonds. The lowest BCUT2D eigenvalue weighted by atomic mass is 10.2. The van der Waals surface area contributed by atoms with Gasteiger partial charge in [-0.25, -0.2) is 14.5 Å². The van der Waals surface area contributed by atoms with Gasteiger partial charge in [-0.15, -0.1) is 0 Å². The standard InChI is InChI=1S/C13H16BrN5O2/c1-13(2,3)21-12(20)16-7-11-17-8-18-19(11)10-4-9(14)5-15-6-10/h4-6,8H,7H2,1-3H3,(H,16,20). The van der Waals surface area contributed by atoms with Crippen molar-refractivity contribution in [3.8, 4) is 5.69 Å². The van der Waals surface area contributed by atoms with Gasteiger partial charge in [0.15, 0.2) is 5.82 Å². The molecule has 2 heterocycles. The summed E-state index contributed by atoms with van der Waals surface area (Å²) in [6.45, 7) is 5.63. The fourth-order valence-corrected chi connectivity index (χ4v) is 1.94. The summed E-state index contributed by atoms with van der Waals surface area (Å²) in [6.07, 6.45) is 4.27. The molecular weight excluding hydrogens is 338 g/mol. The Hall–Kier alpha value is -1.96. The molecule has 2 rings (SSSR count). The van der Waals surface area contributed by atoms with Gasteiger partial charge >= 0.3 is 6.09 Å². The topological polar surface area (TPSA) is 81.9 Å². The Labute approximate surface area is 130 Å². The highest BCUT2D eigenvalue weighted by molar-refractivity contribution is 9.10. The second kappa shape index (κ2) is 6.21. The normalized spacial score (nSPS) is 11.2. The van der Waals surface area contributed by atoms with E-state index in [1.807, 2.05) is 26.8 Å². The van der Waals surface area contributed by atoms with E-state index in [0.29, 0.717) is 5.82 Å². The average Bonchev–Trinajstić information content (AvgIpc) is 2.82. The molecule has 0 aromatic carbocycles. The third kappa shape index (κ3) is 4.52. The van der Waals surface area contributed by atoms with Crippen molar-refractivity contribution in [2.75, 3.05) is 0 Å². The maximum Gasteiger partial charge on any atom is 0.408 e. The highest BCUT2D eigenvalue weighted by atomic mass is 79.9. The lowest BCUT2D eigenvalue weighted by Crippen LogP contribution is -2.32. The molecule has 2 aromatic rings. The summed E-state index contributed by atoms with van der Waals surface area (Å²) in [5, 5.41) is 6.78. The maximum absolute atomic E-state index is 11.6. The molecule has 0 atom stereocenters. The number of pyridine rings is 1. The van der Waals surface area contributed by atoms with Gasteiger partial charge in [0.05, 0.1) is 18.4 Å². The SMILES string of the molecule is CC(C)(C)OC(=O)NCc1ncnn1-c1cncc(Br)c1. The molecule has 0 spiro atoms. The van der Waals surface area contributed by atoms with E-state index in [4.69, 9.17) is 4.74 Å². The summed E-state index contributed by atoms with van der Waals surface area (Å²) in [5.41, 5.74) is 0.217. The predicted molar refractivity (Wildman–Crippen MR) is 79.9 cm³/mol. The number of halogens is 1. The van der Waals surface area contributed by atoms with Crippen LogP contribution in [-0.2, 0) is 11.3 Å². The van der Waals surface area contributed by atoms with E-state index in [2.05, 4.69) is 36.3 Å². The van der Waals surface area contributed by atoms with Crippen LogP contribution in [-0.4, -0.2) is 31.4 Å². The molecule has 0 radical (unpaired) electrons. The van der Waals surface area contributed by atoms with E-state index in [1.54, 1.807) is 17.1 Å². The summed E-state index contributed by atoms with van der Waals surface area (Å²) < 4.78 is 7.61. The zero-order valence-electron chi connectivity index (χ0n) is 12.0. The quantitative estimate of drug-likeness (QED) is 0.916. The predicted octanol–water partition coefficient (Wildman–Crippen LogP) is 2.45. The van der Waals surface area contributed by atoms with Crippen LogP contribution >= 0.6 is 15.9 Å². The number of hydrogen-bond acceptors (Lipinski definition) is 5. The van der Waals surface area contributed by atoms with Gasteiger partial charge in [-0.05, 0) is 42.8 Å². The van der Waals surface area contributed by atoms with Crippen LogP contribution in [0.5, 0.6) is 0 Å². The average molecular weight is 354 g/mol. The summed E-state index contributed by atoms with van der Waals surface area (Å²) in [5.74, 6) is 0.584. The molecule has 1 N–H and O–H groups in total. The van der Waals surface area contributed by atoms with E-state index in [1.165, 1.54) is 6.33 Å². The molecule has 0 aliphatic rings. The Morgan fingerprint density at radius 1 is 1.43 bits per heavy atom. The Morgan fingerprint density at radius 2 is 2.19 bits per heavy atom. The third-order valence-electron chi connectivity index (χ3n) is 2.34. The Bertz CT molecular complexity index is 635. The molecule has 0 unspecified atom stereocenters. The Balaban J connectivity index is 2.06. The number of carbonyl (C=O) groups is 1. The van der Waals surface area contributed by atoms with Crippen molar-refractivity contribution < 1.29 is 9.53 Å². The van der Waals surface area contributed by atoms with Crippen molar-refractivity contribution in [2.45, 2.75) is 32.9 Å². The Kier molecular flexibility index (Phi) is 4.56. The minimum Gasteiger partial charge on any atom is -0.444 e. The first-order valence-electron chi connectivity index (χ1n) is 6.32. The summed E-state index contributed by atoms with van der Waals surface area (Å²) in [4.78, 5) is 19.9. The molecule has 0 aliphatic carbocycles. The number of carbonyl (C=O) groups excluding carboxylic acids is 1. The minimum atomic E-state index is -0.536. The first-order chi connectivity index (χ1) is 9.85. The van der Waals surface area contributed by atoms with Crippen LogP contribution in [0.2, 0.25) is 0 Å². The molecule has 2 aromatic heterocycles. The fourth-order valence-electron chi connectivity index (χ4n) is 1.58. The van der Waals surface area contributed by atoms with Crippen molar-refractivity contribution in [1.29, 1.82) is 0 Å². The number of nitrogens with zero attached hydrogens (tertiary/aromatic N) is 4. The van der Waals surface area contributed by atoms with Crippen LogP contribution in [0.3, 0.4) is 0 Å². The van der Waals surface area contributed by atoms with Crippen LogP contribution in [0.1, 0.15) is 26.6 Å². The summed E-state index contributed by atoms with van der Waals surface area (Å²) in [7, 11) is 0. The molecular formula is C13H16BrN5O2. The molecule has 7 nitrogen and oxygen atoms in total. The number of rotatable bonds is 3. The lowest BCUT2D eigenvalue weighted by molar-refractivity contribution is 0.0522. The minimum absolute atomic E-state index is 0.210. The largest absolute Gasteiger partial charge is 0.444 e. The van der Waals surface area contributed by atoms with Gasteiger partial charge in [0.25, 0.3) is 0 Å². The number of alkyl carbamates (subject to hydrolysis) is 1. The van der Waals surface area contributed by atoms with Crippen molar-refractivity contribution >= 4 is 22.0 Å². The van der Waals surface area contributed by atoms with Gasteiger partial charge in [0.2, 0.25) is 0 Å². The lowest BCUT2D eigenvalue weighted by Gasteiger charge is -2.19. The number of amides is 1. The maximum atomic E-state index is 11.6. The smallest absolute Gasteiger partial charge is 0.408 e. The zero-order valence-corrected chi connectivity index (χ0v) is 13.6. The fraction of sp³-hybridized carbons (Fsp3) is 0.385. The van der Waals surface area contributed by atoms with Gasteiger partial charge in [-0.3, -0.25) is 4.98 Å². The van der Waals surface area contributed by atoms with Gasteiger partial charge in [0, 0.05) is 10.7 Å². The van der Waals surface area contributed by atoms with E-state index in [0.717, 1.165) is 10.2 Å². The summed E-state index contributed by atoms with van der Waals surface area (Å²) in [6, 6.07) is 1.86. The molecule has 0 fully saturated rings. The monoisotopic (exact) mass is 353 g/mol. The molecule has 0 saturated heterocycles. The van der Waals surface area contributed by atoms with Gasteiger partial charge in [-0.1, -0.05) is 0 Å². The molecule has 0 bridgehead atoms. The van der Waals surface area contributed by atoms with Gasteiger partial charge in [0.1, 0.15) is 11.9 Å². The third-order valence-corrected chi connectivity index (χ3v) is 2.78. The van der Waals surface area contributed by atoms with Crippen LogP contribution < -0.4 is 5.32 Å². The number of hydrogen-bond donors (Lipinski definition) is 1. The first-order valence-corrected chi connectivity index (χ1v) is 7.11. The number of ether oxygens (including phenoxy) is 1. The highest BCUT2D eigenvalue weighted by Gasteiger charge is 2.16. The Morgan fingerprint density at radius 3 is 2.86 bits per heavy atom. The van der Waals surface area contributed by atoms with E-state index < -0.39 is 11.7 Å². The first kappa shape index (κ1) is 15.4. The van der Waals surface area contributed by atoms with Crippen molar-refractivity contribution in [2.24, 2.45) is 0 Å². The molecule has 8 heteroatoms. The number of aromatic nitrogens is 4. The molecule has 112 valence electrons. The summed E-state index contributed by atoms with van der Waals surface area (Å²) >= 11 is 3.35. The van der Waals surface area contributed by atoms with Crippen molar-refractivity contribution in [3.05, 3.63) is 35.1 Å². The van der Waals surface area contributed by atoms with Crippen molar-refractivity contribution in [1.82, 2.24) is 25.1 Å². The van der Waals surface area contributed by atoms with E-state index in [9.17, 15) is 4.79 Å². The zero-order chi connectivity index (χ0) is 15.5. The van der Waals surface area contributed by atoms with E-state index in [-0.39, 0.29) is 6.54 Å². The van der Waals surface area contributed by atoms with Crippen LogP contribution in [0.25, 0.3) is 5.69 Å². The van der Waals surface area contributed by atoms with Gasteiger partial charge < -0.3 is 10.1 Å². The highest BCUT2D eigenvalue weighted by Crippen LogP contribution is 2.14. The van der Waals surface area contributed by atoms with Crippen molar-refractivity contribution in [3.63, 3.8) is 0 Å². The second-order valence-electron chi connectivity index (χ2n) is 5.30. The van der Waals surface area contributed by atoms with Gasteiger partial charge in [-0.2, -0.15) is 5.10 Å². The number of nitrogens with one attached hydrogen (secondary N) is 1. The molecule has 0 saturated carbocycles. The second-order valence-corrected chi connectivity index (χ2v) is 6.22. The van der Waals surface area contributed by atoms with Crippen LogP contribution in [0, 0.1) is 0 Å². The van der Waals surface area contributed by atoms with Crippen LogP contribution in [0.4, 0.5) is 4.79 Å². The van der Waals surface area contributed by atoms with E-state index >= 15 is 0 Å².